The summed E-state index contributed by atoms with van der Waals surface area (Å²) in [4.78, 5) is 22.9. The maximum absolute atomic E-state index is 11.9. The van der Waals surface area contributed by atoms with Gasteiger partial charge in [0.1, 0.15) is 6.61 Å². The van der Waals surface area contributed by atoms with Gasteiger partial charge in [0, 0.05) is 6.61 Å². The Morgan fingerprint density at radius 3 is 2.48 bits per heavy atom. The molecule has 2 atom stereocenters. The lowest BCUT2D eigenvalue weighted by atomic mass is 9.81. The number of hydrogen-bond donors (Lipinski definition) is 1. The average molecular weight is 328 g/mol. The molecule has 0 amide bonds. The van der Waals surface area contributed by atoms with Gasteiger partial charge in [-0.05, 0) is 31.6 Å². The van der Waals surface area contributed by atoms with Gasteiger partial charge in [-0.15, -0.1) is 0 Å². The van der Waals surface area contributed by atoms with Gasteiger partial charge in [-0.3, -0.25) is 9.59 Å². The molecule has 0 radical (unpaired) electrons. The van der Waals surface area contributed by atoms with Crippen LogP contribution in [0.5, 0.6) is 0 Å². The molecule has 0 saturated heterocycles. The van der Waals surface area contributed by atoms with Gasteiger partial charge >= 0.3 is 11.9 Å². The topological polar surface area (TPSA) is 72.8 Å². The summed E-state index contributed by atoms with van der Waals surface area (Å²) in [6.45, 7) is 5.86. The Labute approximate surface area is 139 Å². The van der Waals surface area contributed by atoms with Crippen molar-refractivity contribution in [2.24, 2.45) is 17.8 Å². The molecule has 0 aromatic carbocycles. The van der Waals surface area contributed by atoms with Crippen molar-refractivity contribution in [1.82, 2.24) is 0 Å². The van der Waals surface area contributed by atoms with E-state index in [2.05, 4.69) is 13.8 Å². The van der Waals surface area contributed by atoms with Gasteiger partial charge in [0.05, 0.1) is 18.4 Å². The third-order valence-electron chi connectivity index (χ3n) is 4.40. The largest absolute Gasteiger partial charge is 0.481 e. The highest BCUT2D eigenvalue weighted by Gasteiger charge is 2.31. The van der Waals surface area contributed by atoms with E-state index >= 15 is 0 Å². The monoisotopic (exact) mass is 328 g/mol. The van der Waals surface area contributed by atoms with E-state index in [9.17, 15) is 9.59 Å². The SMILES string of the molecule is CC(C)CCCCCOCCOC(=O)C1CCCC(C(=O)O)C1. The van der Waals surface area contributed by atoms with Crippen LogP contribution in [0.3, 0.4) is 0 Å². The molecule has 1 rings (SSSR count). The van der Waals surface area contributed by atoms with E-state index in [4.69, 9.17) is 14.6 Å². The first kappa shape index (κ1) is 19.9. The van der Waals surface area contributed by atoms with Crippen LogP contribution in [0, 0.1) is 17.8 Å². The van der Waals surface area contributed by atoms with E-state index in [0.717, 1.165) is 25.2 Å². The molecule has 0 aliphatic heterocycles. The molecule has 0 spiro atoms. The number of aliphatic carboxylic acids is 1. The third-order valence-corrected chi connectivity index (χ3v) is 4.40. The van der Waals surface area contributed by atoms with Gasteiger partial charge in [0.25, 0.3) is 0 Å². The smallest absolute Gasteiger partial charge is 0.309 e. The predicted octanol–water partition coefficient (Wildman–Crippen LogP) is 3.65. The van der Waals surface area contributed by atoms with Crippen LogP contribution in [0.2, 0.25) is 0 Å². The van der Waals surface area contributed by atoms with E-state index in [-0.39, 0.29) is 18.5 Å². The molecular weight excluding hydrogens is 296 g/mol. The van der Waals surface area contributed by atoms with Crippen LogP contribution in [-0.4, -0.2) is 36.9 Å². The van der Waals surface area contributed by atoms with Gasteiger partial charge in [0.2, 0.25) is 0 Å². The molecule has 5 heteroatoms. The van der Waals surface area contributed by atoms with E-state index < -0.39 is 11.9 Å². The lowest BCUT2D eigenvalue weighted by Crippen LogP contribution is -2.29. The Kier molecular flexibility index (Phi) is 9.92. The minimum Gasteiger partial charge on any atom is -0.481 e. The van der Waals surface area contributed by atoms with Crippen molar-refractivity contribution in [2.75, 3.05) is 19.8 Å². The highest BCUT2D eigenvalue weighted by Crippen LogP contribution is 2.30. The second-order valence-corrected chi connectivity index (χ2v) is 6.92. The molecule has 1 saturated carbocycles. The molecule has 1 fully saturated rings. The highest BCUT2D eigenvalue weighted by molar-refractivity contribution is 5.75. The Bertz CT molecular complexity index is 353. The number of esters is 1. The summed E-state index contributed by atoms with van der Waals surface area (Å²) in [6, 6.07) is 0. The Balaban J connectivity index is 2.00. The number of carbonyl (C=O) groups excluding carboxylic acids is 1. The highest BCUT2D eigenvalue weighted by atomic mass is 16.6. The maximum Gasteiger partial charge on any atom is 0.309 e. The fourth-order valence-corrected chi connectivity index (χ4v) is 2.98. The lowest BCUT2D eigenvalue weighted by molar-refractivity contribution is -0.153. The summed E-state index contributed by atoms with van der Waals surface area (Å²) in [5.74, 6) is -0.972. The molecular formula is C18H32O5. The molecule has 0 aromatic heterocycles. The van der Waals surface area contributed by atoms with Crippen LogP contribution in [0.1, 0.15) is 65.2 Å². The Morgan fingerprint density at radius 1 is 1.04 bits per heavy atom. The van der Waals surface area contributed by atoms with Crippen LogP contribution in [0.25, 0.3) is 0 Å². The number of carbonyl (C=O) groups is 2. The third kappa shape index (κ3) is 8.94. The van der Waals surface area contributed by atoms with E-state index in [1.165, 1.54) is 19.3 Å². The summed E-state index contributed by atoms with van der Waals surface area (Å²) in [7, 11) is 0. The van der Waals surface area contributed by atoms with Gasteiger partial charge in [0.15, 0.2) is 0 Å². The molecule has 1 N–H and O–H groups in total. The van der Waals surface area contributed by atoms with Gasteiger partial charge < -0.3 is 14.6 Å². The van der Waals surface area contributed by atoms with Crippen LogP contribution >= 0.6 is 0 Å². The van der Waals surface area contributed by atoms with Crippen LogP contribution in [0.15, 0.2) is 0 Å². The van der Waals surface area contributed by atoms with Crippen molar-refractivity contribution >= 4 is 11.9 Å². The van der Waals surface area contributed by atoms with Crippen LogP contribution in [0.4, 0.5) is 0 Å². The molecule has 5 nitrogen and oxygen atoms in total. The number of carboxylic acids is 1. The fourth-order valence-electron chi connectivity index (χ4n) is 2.98. The van der Waals surface area contributed by atoms with E-state index in [1.54, 1.807) is 0 Å². The zero-order valence-electron chi connectivity index (χ0n) is 14.6. The predicted molar refractivity (Wildman–Crippen MR) is 88.2 cm³/mol. The fraction of sp³-hybridized carbons (Fsp3) is 0.889. The second-order valence-electron chi connectivity index (χ2n) is 6.92. The van der Waals surface area contributed by atoms with Crippen LogP contribution in [-0.2, 0) is 19.1 Å². The average Bonchev–Trinajstić information content (AvgIpc) is 2.52. The van der Waals surface area contributed by atoms with Crippen LogP contribution < -0.4 is 0 Å². The van der Waals surface area contributed by atoms with E-state index in [1.807, 2.05) is 0 Å². The second kappa shape index (κ2) is 11.4. The summed E-state index contributed by atoms with van der Waals surface area (Å²) in [5, 5.41) is 9.03. The van der Waals surface area contributed by atoms with Crippen molar-refractivity contribution < 1.29 is 24.2 Å². The molecule has 1 aliphatic carbocycles. The van der Waals surface area contributed by atoms with Crippen molar-refractivity contribution in [3.8, 4) is 0 Å². The number of ether oxygens (including phenoxy) is 2. The van der Waals surface area contributed by atoms with Crippen molar-refractivity contribution in [3.05, 3.63) is 0 Å². The standard InChI is InChI=1S/C18H32O5/c1-14(2)7-4-3-5-10-22-11-12-23-18(21)16-9-6-8-15(13-16)17(19)20/h14-16H,3-13H2,1-2H3,(H,19,20). The summed E-state index contributed by atoms with van der Waals surface area (Å²) in [6.07, 6.45) is 7.31. The normalized spacial score (nSPS) is 21.3. The van der Waals surface area contributed by atoms with Gasteiger partial charge in [-0.2, -0.15) is 0 Å². The molecule has 1 aliphatic rings. The summed E-state index contributed by atoms with van der Waals surface area (Å²) >= 11 is 0. The van der Waals surface area contributed by atoms with E-state index in [0.29, 0.717) is 26.1 Å². The Hall–Kier alpha value is -1.10. The quantitative estimate of drug-likeness (QED) is 0.463. The first-order valence-electron chi connectivity index (χ1n) is 8.98. The summed E-state index contributed by atoms with van der Waals surface area (Å²) < 4.78 is 10.7. The number of rotatable bonds is 11. The molecule has 2 unspecified atom stereocenters. The number of unbranched alkanes of at least 4 members (excludes halogenated alkanes) is 2. The molecule has 23 heavy (non-hydrogen) atoms. The first-order valence-corrected chi connectivity index (χ1v) is 8.98. The van der Waals surface area contributed by atoms with Gasteiger partial charge in [-0.25, -0.2) is 0 Å². The number of hydrogen-bond acceptors (Lipinski definition) is 4. The van der Waals surface area contributed by atoms with Gasteiger partial charge in [-0.1, -0.05) is 39.5 Å². The molecule has 0 heterocycles. The molecule has 0 aromatic rings. The first-order chi connectivity index (χ1) is 11.0. The molecule has 134 valence electrons. The van der Waals surface area contributed by atoms with Crippen molar-refractivity contribution in [3.63, 3.8) is 0 Å². The minimum absolute atomic E-state index is 0.263. The molecule has 0 bridgehead atoms. The number of carboxylic acid groups (broad SMARTS) is 1. The lowest BCUT2D eigenvalue weighted by Gasteiger charge is -2.24. The summed E-state index contributed by atoms with van der Waals surface area (Å²) in [5.41, 5.74) is 0. The zero-order valence-corrected chi connectivity index (χ0v) is 14.6. The maximum atomic E-state index is 11.9. The zero-order chi connectivity index (χ0) is 17.1. The van der Waals surface area contributed by atoms with Crippen molar-refractivity contribution in [2.45, 2.75) is 65.2 Å². The van der Waals surface area contributed by atoms with Crippen molar-refractivity contribution in [1.29, 1.82) is 0 Å². The Morgan fingerprint density at radius 2 is 1.78 bits per heavy atom. The minimum atomic E-state index is -0.802.